The van der Waals surface area contributed by atoms with E-state index in [4.69, 9.17) is 32.7 Å². The zero-order valence-electron chi connectivity index (χ0n) is 19.1. The van der Waals surface area contributed by atoms with Crippen molar-refractivity contribution in [3.63, 3.8) is 0 Å². The van der Waals surface area contributed by atoms with Crippen LogP contribution < -0.4 is 10.1 Å². The van der Waals surface area contributed by atoms with Crippen molar-refractivity contribution in [1.82, 2.24) is 20.5 Å². The second-order valence-corrected chi connectivity index (χ2v) is 9.31. The second-order valence-electron chi connectivity index (χ2n) is 8.50. The Morgan fingerprint density at radius 3 is 2.69 bits per heavy atom. The van der Waals surface area contributed by atoms with E-state index < -0.39 is 0 Å². The zero-order valence-corrected chi connectivity index (χ0v) is 20.6. The highest BCUT2D eigenvalue weighted by Gasteiger charge is 2.19. The molecule has 1 saturated heterocycles. The van der Waals surface area contributed by atoms with Crippen molar-refractivity contribution in [1.29, 1.82) is 0 Å². The third-order valence-corrected chi connectivity index (χ3v) is 6.70. The Kier molecular flexibility index (Phi) is 6.90. The molecule has 7 nitrogen and oxygen atoms in total. The molecule has 1 atom stereocenters. The topological polar surface area (TPSA) is 89.1 Å². The lowest BCUT2D eigenvalue weighted by Gasteiger charge is -2.23. The van der Waals surface area contributed by atoms with E-state index in [1.807, 2.05) is 49.4 Å². The van der Waals surface area contributed by atoms with Crippen molar-refractivity contribution >= 4 is 40.0 Å². The van der Waals surface area contributed by atoms with E-state index in [-0.39, 0.29) is 18.1 Å². The Morgan fingerprint density at radius 2 is 1.91 bits per heavy atom. The SMILES string of the molecule is C[C@@H](Oc1ccc2[nH]nc(-c3cccc(C(=O)NC4CCOCC4)c3)c2c1)c1c(Cl)cncc1Cl. The molecule has 180 valence electrons. The summed E-state index contributed by atoms with van der Waals surface area (Å²) in [5.41, 5.74) is 3.70. The maximum absolute atomic E-state index is 12.8. The van der Waals surface area contributed by atoms with Crippen LogP contribution in [0, 0.1) is 0 Å². The van der Waals surface area contributed by atoms with E-state index in [0.29, 0.717) is 40.1 Å². The van der Waals surface area contributed by atoms with Gasteiger partial charge in [0.05, 0.1) is 15.6 Å². The van der Waals surface area contributed by atoms with Gasteiger partial charge >= 0.3 is 0 Å². The molecule has 35 heavy (non-hydrogen) atoms. The van der Waals surface area contributed by atoms with E-state index in [9.17, 15) is 4.79 Å². The van der Waals surface area contributed by atoms with Gasteiger partial charge in [-0.1, -0.05) is 35.3 Å². The van der Waals surface area contributed by atoms with Crippen molar-refractivity contribution in [3.8, 4) is 17.0 Å². The van der Waals surface area contributed by atoms with Crippen LogP contribution in [-0.4, -0.2) is 40.3 Å². The van der Waals surface area contributed by atoms with Gasteiger partial charge in [0, 0.05) is 53.7 Å². The normalized spacial score (nSPS) is 15.2. The summed E-state index contributed by atoms with van der Waals surface area (Å²) < 4.78 is 11.5. The standard InChI is InChI=1S/C26H24Cl2N4O3/c1-15(24-21(27)13-29-14-22(24)28)35-19-5-6-23-20(12-19)25(32-31-23)16-3-2-4-17(11-16)26(33)30-18-7-9-34-10-8-18/h2-6,11-15,18H,7-10H2,1H3,(H,30,33)(H,31,32)/t15-/m1/s1. The molecule has 2 aromatic carbocycles. The van der Waals surface area contributed by atoms with Gasteiger partial charge in [0.25, 0.3) is 5.91 Å². The third kappa shape index (κ3) is 5.12. The molecule has 4 aromatic rings. The van der Waals surface area contributed by atoms with Crippen LogP contribution in [0.4, 0.5) is 0 Å². The Morgan fingerprint density at radius 1 is 1.14 bits per heavy atom. The van der Waals surface area contributed by atoms with Gasteiger partial charge in [0.15, 0.2) is 0 Å². The van der Waals surface area contributed by atoms with Crippen molar-refractivity contribution in [2.45, 2.75) is 31.9 Å². The van der Waals surface area contributed by atoms with Gasteiger partial charge in [-0.25, -0.2) is 0 Å². The number of ether oxygens (including phenoxy) is 2. The zero-order chi connectivity index (χ0) is 24.4. The molecule has 0 aliphatic carbocycles. The molecule has 1 aliphatic heterocycles. The Bertz CT molecular complexity index is 1350. The molecule has 0 unspecified atom stereocenters. The number of hydrogen-bond acceptors (Lipinski definition) is 5. The highest BCUT2D eigenvalue weighted by atomic mass is 35.5. The maximum Gasteiger partial charge on any atom is 0.251 e. The summed E-state index contributed by atoms with van der Waals surface area (Å²) in [5.74, 6) is 0.549. The molecule has 0 radical (unpaired) electrons. The predicted octanol–water partition coefficient (Wildman–Crippen LogP) is 5.98. The molecular weight excluding hydrogens is 487 g/mol. The van der Waals surface area contributed by atoms with Crippen LogP contribution in [0.2, 0.25) is 10.0 Å². The summed E-state index contributed by atoms with van der Waals surface area (Å²) >= 11 is 12.6. The number of carbonyl (C=O) groups excluding carboxylic acids is 1. The van der Waals surface area contributed by atoms with E-state index in [2.05, 4.69) is 20.5 Å². The number of carbonyl (C=O) groups is 1. The van der Waals surface area contributed by atoms with Gasteiger partial charge < -0.3 is 14.8 Å². The molecule has 2 N–H and O–H groups in total. The molecular formula is C26H24Cl2N4O3. The van der Waals surface area contributed by atoms with Gasteiger partial charge in [-0.05, 0) is 50.1 Å². The fourth-order valence-corrected chi connectivity index (χ4v) is 4.95. The minimum atomic E-state index is -0.386. The monoisotopic (exact) mass is 510 g/mol. The molecule has 5 rings (SSSR count). The minimum Gasteiger partial charge on any atom is -0.486 e. The number of H-pyrrole nitrogens is 1. The number of nitrogens with one attached hydrogen (secondary N) is 2. The first kappa shape index (κ1) is 23.6. The summed E-state index contributed by atoms with van der Waals surface area (Å²) in [6.45, 7) is 3.23. The number of aromatic nitrogens is 3. The molecule has 1 amide bonds. The summed E-state index contributed by atoms with van der Waals surface area (Å²) in [6, 6.07) is 13.3. The Balaban J connectivity index is 1.40. The van der Waals surface area contributed by atoms with Crippen molar-refractivity contribution in [2.24, 2.45) is 0 Å². The van der Waals surface area contributed by atoms with Gasteiger partial charge in [-0.15, -0.1) is 0 Å². The Hall–Kier alpha value is -3.13. The van der Waals surface area contributed by atoms with Crippen LogP contribution in [-0.2, 0) is 4.74 Å². The molecule has 2 aromatic heterocycles. The maximum atomic E-state index is 12.8. The third-order valence-electron chi connectivity index (χ3n) is 6.10. The molecule has 1 fully saturated rings. The van der Waals surface area contributed by atoms with Gasteiger partial charge in [-0.3, -0.25) is 14.9 Å². The lowest BCUT2D eigenvalue weighted by molar-refractivity contribution is 0.0696. The van der Waals surface area contributed by atoms with Gasteiger partial charge in [0.1, 0.15) is 17.5 Å². The molecule has 1 aliphatic rings. The molecule has 9 heteroatoms. The van der Waals surface area contributed by atoms with Gasteiger partial charge in [0.2, 0.25) is 0 Å². The second kappa shape index (κ2) is 10.2. The lowest BCUT2D eigenvalue weighted by atomic mass is 10.0. The number of hydrogen-bond donors (Lipinski definition) is 2. The number of nitrogens with zero attached hydrogens (tertiary/aromatic N) is 2. The number of fused-ring (bicyclic) bond motifs is 1. The van der Waals surface area contributed by atoms with E-state index in [0.717, 1.165) is 35.0 Å². The summed E-state index contributed by atoms with van der Waals surface area (Å²) in [4.78, 5) is 16.8. The highest BCUT2D eigenvalue weighted by Crippen LogP contribution is 2.35. The number of benzene rings is 2. The summed E-state index contributed by atoms with van der Waals surface area (Å²) in [5, 5.41) is 12.5. The molecule has 0 saturated carbocycles. The first-order chi connectivity index (χ1) is 17.0. The van der Waals surface area contributed by atoms with Crippen molar-refractivity contribution in [3.05, 3.63) is 76.0 Å². The van der Waals surface area contributed by atoms with Crippen LogP contribution in [0.1, 0.15) is 41.8 Å². The van der Waals surface area contributed by atoms with Gasteiger partial charge in [-0.2, -0.15) is 5.10 Å². The minimum absolute atomic E-state index is 0.0949. The quantitative estimate of drug-likeness (QED) is 0.333. The molecule has 0 spiro atoms. The number of aromatic amines is 1. The Labute approximate surface area is 212 Å². The summed E-state index contributed by atoms with van der Waals surface area (Å²) in [7, 11) is 0. The van der Waals surface area contributed by atoms with Crippen LogP contribution in [0.25, 0.3) is 22.2 Å². The van der Waals surface area contributed by atoms with E-state index in [1.54, 1.807) is 12.4 Å². The smallest absolute Gasteiger partial charge is 0.251 e. The highest BCUT2D eigenvalue weighted by molar-refractivity contribution is 6.35. The van der Waals surface area contributed by atoms with Crippen molar-refractivity contribution in [2.75, 3.05) is 13.2 Å². The molecule has 0 bridgehead atoms. The summed E-state index contributed by atoms with van der Waals surface area (Å²) in [6.07, 6.45) is 4.36. The average Bonchev–Trinajstić information content (AvgIpc) is 3.28. The number of halogens is 2. The van der Waals surface area contributed by atoms with Crippen LogP contribution in [0.5, 0.6) is 5.75 Å². The molecule has 3 heterocycles. The van der Waals surface area contributed by atoms with Crippen molar-refractivity contribution < 1.29 is 14.3 Å². The van der Waals surface area contributed by atoms with Crippen LogP contribution in [0.15, 0.2) is 54.9 Å². The largest absolute Gasteiger partial charge is 0.486 e. The van der Waals surface area contributed by atoms with Crippen LogP contribution in [0.3, 0.4) is 0 Å². The van der Waals surface area contributed by atoms with Crippen LogP contribution >= 0.6 is 23.2 Å². The fraction of sp³-hybridized carbons (Fsp3) is 0.269. The van der Waals surface area contributed by atoms with E-state index >= 15 is 0 Å². The average molecular weight is 511 g/mol. The number of pyridine rings is 1. The first-order valence-corrected chi connectivity index (χ1v) is 12.2. The fourth-order valence-electron chi connectivity index (χ4n) is 4.28. The predicted molar refractivity (Wildman–Crippen MR) is 136 cm³/mol. The first-order valence-electron chi connectivity index (χ1n) is 11.4. The lowest BCUT2D eigenvalue weighted by Crippen LogP contribution is -2.38. The number of rotatable bonds is 6. The number of amides is 1. The van der Waals surface area contributed by atoms with E-state index in [1.165, 1.54) is 0 Å².